The fourth-order valence-electron chi connectivity index (χ4n) is 2.58. The van der Waals surface area contributed by atoms with Crippen molar-refractivity contribution in [1.29, 1.82) is 0 Å². The lowest BCUT2D eigenvalue weighted by Crippen LogP contribution is -2.44. The molecule has 0 radical (unpaired) electrons. The summed E-state index contributed by atoms with van der Waals surface area (Å²) >= 11 is 6.15. The summed E-state index contributed by atoms with van der Waals surface area (Å²) in [5.41, 5.74) is 6.97. The minimum absolute atomic E-state index is 0.248. The number of nitrogens with two attached hydrogens (primary N) is 1. The lowest BCUT2D eigenvalue weighted by atomic mass is 9.75. The molecule has 1 aliphatic rings. The molecule has 1 aliphatic carbocycles. The van der Waals surface area contributed by atoms with Gasteiger partial charge in [-0.25, -0.2) is 4.79 Å². The lowest BCUT2D eigenvalue weighted by Gasteiger charge is -2.34. The monoisotopic (exact) mass is 324 g/mol. The predicted octanol–water partition coefficient (Wildman–Crippen LogP) is 4.46. The molecule has 4 nitrogen and oxygen atoms in total. The van der Waals surface area contributed by atoms with Crippen molar-refractivity contribution in [1.82, 2.24) is 0 Å². The summed E-state index contributed by atoms with van der Waals surface area (Å²) in [6.45, 7) is 9.67. The molecule has 1 fully saturated rings. The third kappa shape index (κ3) is 3.55. The average Bonchev–Trinajstić information content (AvgIpc) is 3.09. The molecule has 1 saturated carbocycles. The number of hydrogen-bond acceptors (Lipinski definition) is 3. The number of benzene rings is 1. The molecule has 0 spiro atoms. The Hall–Kier alpha value is -1.26. The van der Waals surface area contributed by atoms with E-state index in [2.05, 4.69) is 19.2 Å². The predicted molar refractivity (Wildman–Crippen MR) is 90.5 cm³/mol. The first kappa shape index (κ1) is 17.1. The Kier molecular flexibility index (Phi) is 4.22. The third-order valence-corrected chi connectivity index (χ3v) is 4.56. The summed E-state index contributed by atoms with van der Waals surface area (Å²) in [5.74, 6) is 0. The standard InChI is InChI=1S/C17H25ClN2O2/c1-15(2,3)22-14(21)20-13-7-6-11(18)10-12(13)16(4,5)17(19)8-9-17/h6-7,10H,8-9,19H2,1-5H3,(H,20,21). The van der Waals surface area contributed by atoms with E-state index in [0.717, 1.165) is 18.4 Å². The smallest absolute Gasteiger partial charge is 0.412 e. The minimum atomic E-state index is -0.544. The first-order valence-electron chi connectivity index (χ1n) is 7.54. The van der Waals surface area contributed by atoms with Gasteiger partial charge in [-0.3, -0.25) is 5.32 Å². The molecule has 0 atom stereocenters. The van der Waals surface area contributed by atoms with Gasteiger partial charge in [0.15, 0.2) is 0 Å². The molecular formula is C17H25ClN2O2. The number of amides is 1. The molecule has 0 heterocycles. The highest BCUT2D eigenvalue weighted by Gasteiger charge is 2.52. The van der Waals surface area contributed by atoms with E-state index >= 15 is 0 Å². The van der Waals surface area contributed by atoms with Crippen LogP contribution in [0.1, 0.15) is 53.0 Å². The number of carbonyl (C=O) groups excluding carboxylic acids is 1. The maximum absolute atomic E-state index is 12.1. The van der Waals surface area contributed by atoms with Crippen LogP contribution in [0.2, 0.25) is 5.02 Å². The molecule has 0 saturated heterocycles. The number of rotatable bonds is 3. The summed E-state index contributed by atoms with van der Waals surface area (Å²) in [6, 6.07) is 5.43. The maximum atomic E-state index is 12.1. The van der Waals surface area contributed by atoms with E-state index in [1.807, 2.05) is 26.8 Å². The van der Waals surface area contributed by atoms with Crippen LogP contribution in [0.4, 0.5) is 10.5 Å². The summed E-state index contributed by atoms with van der Waals surface area (Å²) in [5, 5.41) is 3.45. The van der Waals surface area contributed by atoms with Gasteiger partial charge < -0.3 is 10.5 Å². The molecule has 22 heavy (non-hydrogen) atoms. The van der Waals surface area contributed by atoms with Crippen molar-refractivity contribution in [3.05, 3.63) is 28.8 Å². The zero-order valence-corrected chi connectivity index (χ0v) is 14.7. The first-order valence-corrected chi connectivity index (χ1v) is 7.91. The highest BCUT2D eigenvalue weighted by atomic mass is 35.5. The molecule has 0 unspecified atom stereocenters. The Morgan fingerprint density at radius 1 is 1.27 bits per heavy atom. The van der Waals surface area contributed by atoms with Gasteiger partial charge in [0.2, 0.25) is 0 Å². The number of hydrogen-bond donors (Lipinski definition) is 2. The molecule has 0 bridgehead atoms. The topological polar surface area (TPSA) is 64.3 Å². The first-order chi connectivity index (χ1) is 9.95. The molecule has 1 aromatic rings. The van der Waals surface area contributed by atoms with E-state index in [9.17, 15) is 4.79 Å². The normalized spacial score (nSPS) is 17.0. The van der Waals surface area contributed by atoms with Crippen LogP contribution in [0.25, 0.3) is 0 Å². The quantitative estimate of drug-likeness (QED) is 0.863. The van der Waals surface area contributed by atoms with Gasteiger partial charge in [-0.2, -0.15) is 0 Å². The van der Waals surface area contributed by atoms with E-state index in [1.165, 1.54) is 0 Å². The zero-order chi connectivity index (χ0) is 16.8. The van der Waals surface area contributed by atoms with Gasteiger partial charge in [-0.15, -0.1) is 0 Å². The van der Waals surface area contributed by atoms with Crippen molar-refractivity contribution in [2.24, 2.45) is 5.73 Å². The van der Waals surface area contributed by atoms with Gasteiger partial charge in [0.1, 0.15) is 5.60 Å². The fourth-order valence-corrected chi connectivity index (χ4v) is 2.76. The highest BCUT2D eigenvalue weighted by Crippen LogP contribution is 2.51. The molecule has 1 amide bonds. The molecule has 3 N–H and O–H groups in total. The molecule has 0 aromatic heterocycles. The van der Waals surface area contributed by atoms with Gasteiger partial charge in [-0.05, 0) is 57.4 Å². The second-order valence-corrected chi connectivity index (χ2v) is 8.03. The van der Waals surface area contributed by atoms with Crippen LogP contribution >= 0.6 is 11.6 Å². The van der Waals surface area contributed by atoms with Crippen molar-refractivity contribution in [2.45, 2.75) is 64.0 Å². The Bertz CT molecular complexity index is 587. The van der Waals surface area contributed by atoms with Gasteiger partial charge in [0.25, 0.3) is 0 Å². The lowest BCUT2D eigenvalue weighted by molar-refractivity contribution is 0.0635. The fraction of sp³-hybridized carbons (Fsp3) is 0.588. The number of ether oxygens (including phenoxy) is 1. The van der Waals surface area contributed by atoms with Crippen molar-refractivity contribution in [3.8, 4) is 0 Å². The van der Waals surface area contributed by atoms with Gasteiger partial charge >= 0.3 is 6.09 Å². The summed E-state index contributed by atoms with van der Waals surface area (Å²) in [6.07, 6.45) is 1.46. The number of nitrogens with one attached hydrogen (secondary N) is 1. The highest BCUT2D eigenvalue weighted by molar-refractivity contribution is 6.30. The molecule has 1 aromatic carbocycles. The number of anilines is 1. The molecule has 0 aliphatic heterocycles. The van der Waals surface area contributed by atoms with Crippen LogP contribution in [-0.4, -0.2) is 17.2 Å². The van der Waals surface area contributed by atoms with Crippen molar-refractivity contribution >= 4 is 23.4 Å². The van der Waals surface area contributed by atoms with E-state index in [1.54, 1.807) is 12.1 Å². The van der Waals surface area contributed by atoms with Gasteiger partial charge in [0.05, 0.1) is 0 Å². The second kappa shape index (κ2) is 5.43. The van der Waals surface area contributed by atoms with Gasteiger partial charge in [0, 0.05) is 21.7 Å². The number of halogens is 1. The van der Waals surface area contributed by atoms with Crippen LogP contribution in [0, 0.1) is 0 Å². The summed E-state index contributed by atoms with van der Waals surface area (Å²) < 4.78 is 5.33. The average molecular weight is 325 g/mol. The van der Waals surface area contributed by atoms with E-state index in [0.29, 0.717) is 10.7 Å². The van der Waals surface area contributed by atoms with Crippen LogP contribution in [0.15, 0.2) is 18.2 Å². The van der Waals surface area contributed by atoms with E-state index in [-0.39, 0.29) is 11.0 Å². The Labute approximate surface area is 137 Å². The van der Waals surface area contributed by atoms with Crippen LogP contribution in [-0.2, 0) is 10.2 Å². The molecule has 122 valence electrons. The van der Waals surface area contributed by atoms with Crippen molar-refractivity contribution < 1.29 is 9.53 Å². The molecular weight excluding hydrogens is 300 g/mol. The van der Waals surface area contributed by atoms with Crippen LogP contribution < -0.4 is 11.1 Å². The summed E-state index contributed by atoms with van der Waals surface area (Å²) in [4.78, 5) is 12.1. The number of carbonyl (C=O) groups is 1. The van der Waals surface area contributed by atoms with E-state index < -0.39 is 11.7 Å². The maximum Gasteiger partial charge on any atom is 0.412 e. The molecule has 5 heteroatoms. The van der Waals surface area contributed by atoms with Crippen LogP contribution in [0.5, 0.6) is 0 Å². The van der Waals surface area contributed by atoms with E-state index in [4.69, 9.17) is 22.1 Å². The van der Waals surface area contributed by atoms with Gasteiger partial charge in [-0.1, -0.05) is 25.4 Å². The minimum Gasteiger partial charge on any atom is -0.444 e. The Balaban J connectivity index is 2.31. The zero-order valence-electron chi connectivity index (χ0n) is 13.9. The van der Waals surface area contributed by atoms with Crippen molar-refractivity contribution in [2.75, 3.05) is 5.32 Å². The summed E-state index contributed by atoms with van der Waals surface area (Å²) in [7, 11) is 0. The second-order valence-electron chi connectivity index (χ2n) is 7.60. The SMILES string of the molecule is CC(C)(C)OC(=O)Nc1ccc(Cl)cc1C(C)(C)C1(N)CC1. The van der Waals surface area contributed by atoms with Crippen LogP contribution in [0.3, 0.4) is 0 Å². The third-order valence-electron chi connectivity index (χ3n) is 4.32. The molecule has 2 rings (SSSR count). The Morgan fingerprint density at radius 3 is 2.36 bits per heavy atom. The Morgan fingerprint density at radius 2 is 1.86 bits per heavy atom. The van der Waals surface area contributed by atoms with Crippen molar-refractivity contribution in [3.63, 3.8) is 0 Å². The largest absolute Gasteiger partial charge is 0.444 e.